The molecule has 3 aromatic rings. The van der Waals surface area contributed by atoms with Crippen LogP contribution in [-0.4, -0.2) is 27.0 Å². The molecule has 1 amide bonds. The minimum absolute atomic E-state index is 0.0134. The van der Waals surface area contributed by atoms with Crippen LogP contribution in [0.4, 0.5) is 11.5 Å². The van der Waals surface area contributed by atoms with Gasteiger partial charge < -0.3 is 10.6 Å². The SMILES string of the molecule is Cc1nc(-c2ccccc2)ccc1C(=O)N(CC(C)C)c1c(N)n(CC(C)C)c(=O)[nH]c1=O. The average molecular weight is 450 g/mol. The lowest BCUT2D eigenvalue weighted by Crippen LogP contribution is -2.43. The number of aryl methyl sites for hydroxylation is 1. The fourth-order valence-corrected chi connectivity index (χ4v) is 3.73. The lowest BCUT2D eigenvalue weighted by molar-refractivity contribution is 0.0982. The number of aromatic nitrogens is 3. The number of aromatic amines is 1. The number of nitrogens with one attached hydrogen (secondary N) is 1. The smallest absolute Gasteiger partial charge is 0.330 e. The number of amides is 1. The van der Waals surface area contributed by atoms with Crippen LogP contribution >= 0.6 is 0 Å². The Hall–Kier alpha value is -3.68. The highest BCUT2D eigenvalue weighted by atomic mass is 16.2. The molecule has 0 bridgehead atoms. The molecule has 0 radical (unpaired) electrons. The summed E-state index contributed by atoms with van der Waals surface area (Å²) < 4.78 is 1.31. The number of nitrogens with two attached hydrogens (primary N) is 1. The second kappa shape index (κ2) is 9.85. The molecule has 0 spiro atoms. The number of H-pyrrole nitrogens is 1. The summed E-state index contributed by atoms with van der Waals surface area (Å²) in [6.07, 6.45) is 0. The van der Waals surface area contributed by atoms with Gasteiger partial charge >= 0.3 is 5.69 Å². The Morgan fingerprint density at radius 1 is 1.06 bits per heavy atom. The Labute approximate surface area is 193 Å². The van der Waals surface area contributed by atoms with Crippen LogP contribution in [-0.2, 0) is 6.54 Å². The van der Waals surface area contributed by atoms with Crippen molar-refractivity contribution in [3.8, 4) is 11.3 Å². The minimum atomic E-state index is -0.682. The Morgan fingerprint density at radius 2 is 1.73 bits per heavy atom. The Morgan fingerprint density at radius 3 is 2.30 bits per heavy atom. The fourth-order valence-electron chi connectivity index (χ4n) is 3.73. The van der Waals surface area contributed by atoms with Gasteiger partial charge in [-0.25, -0.2) is 4.79 Å². The Kier molecular flexibility index (Phi) is 7.16. The summed E-state index contributed by atoms with van der Waals surface area (Å²) in [5, 5.41) is 0. The lowest BCUT2D eigenvalue weighted by Gasteiger charge is -2.27. The maximum atomic E-state index is 13.7. The van der Waals surface area contributed by atoms with Crippen LogP contribution in [0.15, 0.2) is 52.1 Å². The number of benzene rings is 1. The number of hydrogen-bond acceptors (Lipinski definition) is 5. The largest absolute Gasteiger partial charge is 0.383 e. The highest BCUT2D eigenvalue weighted by molar-refractivity contribution is 6.08. The number of carbonyl (C=O) groups excluding carboxylic acids is 1. The average Bonchev–Trinajstić information content (AvgIpc) is 2.75. The van der Waals surface area contributed by atoms with Gasteiger partial charge in [0, 0.05) is 18.7 Å². The molecular formula is C25H31N5O3. The first kappa shape index (κ1) is 24.0. The summed E-state index contributed by atoms with van der Waals surface area (Å²) in [7, 11) is 0. The maximum absolute atomic E-state index is 13.7. The number of anilines is 2. The lowest BCUT2D eigenvalue weighted by atomic mass is 10.1. The van der Waals surface area contributed by atoms with Crippen molar-refractivity contribution in [2.45, 2.75) is 41.2 Å². The second-order valence-electron chi connectivity index (χ2n) is 9.00. The van der Waals surface area contributed by atoms with Crippen molar-refractivity contribution < 1.29 is 4.79 Å². The molecule has 0 aliphatic rings. The molecule has 0 aliphatic carbocycles. The van der Waals surface area contributed by atoms with Gasteiger partial charge in [-0.2, -0.15) is 0 Å². The summed E-state index contributed by atoms with van der Waals surface area (Å²) in [6.45, 7) is 10.1. The first-order valence-electron chi connectivity index (χ1n) is 11.1. The number of carbonyl (C=O) groups is 1. The van der Waals surface area contributed by atoms with Gasteiger partial charge in [-0.3, -0.25) is 24.1 Å². The van der Waals surface area contributed by atoms with E-state index in [1.54, 1.807) is 19.1 Å². The van der Waals surface area contributed by atoms with E-state index >= 15 is 0 Å². The van der Waals surface area contributed by atoms with Crippen LogP contribution in [0.1, 0.15) is 43.7 Å². The summed E-state index contributed by atoms with van der Waals surface area (Å²) in [5.74, 6) is -0.233. The number of nitrogens with zero attached hydrogens (tertiary/aromatic N) is 3. The Balaban J connectivity index is 2.10. The van der Waals surface area contributed by atoms with E-state index in [-0.39, 0.29) is 35.8 Å². The molecule has 0 atom stereocenters. The number of hydrogen-bond donors (Lipinski definition) is 2. The van der Waals surface area contributed by atoms with E-state index in [1.807, 2.05) is 58.0 Å². The number of rotatable bonds is 7. The topological polar surface area (TPSA) is 114 Å². The van der Waals surface area contributed by atoms with Crippen LogP contribution < -0.4 is 21.9 Å². The molecule has 3 rings (SSSR count). The van der Waals surface area contributed by atoms with Crippen molar-refractivity contribution in [1.29, 1.82) is 0 Å². The van der Waals surface area contributed by atoms with Crippen LogP contribution in [0.2, 0.25) is 0 Å². The Bertz CT molecular complexity index is 1260. The molecule has 3 N–H and O–H groups in total. The quantitative estimate of drug-likeness (QED) is 0.573. The second-order valence-corrected chi connectivity index (χ2v) is 9.00. The molecule has 0 saturated heterocycles. The van der Waals surface area contributed by atoms with Crippen molar-refractivity contribution in [3.63, 3.8) is 0 Å². The van der Waals surface area contributed by atoms with Gasteiger partial charge in [0.25, 0.3) is 11.5 Å². The van der Waals surface area contributed by atoms with Crippen molar-refractivity contribution in [2.24, 2.45) is 11.8 Å². The van der Waals surface area contributed by atoms with E-state index in [1.165, 1.54) is 9.47 Å². The van der Waals surface area contributed by atoms with Gasteiger partial charge in [0.1, 0.15) is 5.82 Å². The first-order chi connectivity index (χ1) is 15.6. The third kappa shape index (κ3) is 5.22. The molecule has 33 heavy (non-hydrogen) atoms. The van der Waals surface area contributed by atoms with Gasteiger partial charge in [0.05, 0.1) is 17.0 Å². The highest BCUT2D eigenvalue weighted by Gasteiger charge is 2.27. The van der Waals surface area contributed by atoms with Crippen molar-refractivity contribution in [2.75, 3.05) is 17.2 Å². The van der Waals surface area contributed by atoms with Gasteiger partial charge in [0.15, 0.2) is 5.69 Å². The predicted octanol–water partition coefficient (Wildman–Crippen LogP) is 3.45. The summed E-state index contributed by atoms with van der Waals surface area (Å²) >= 11 is 0. The first-order valence-corrected chi connectivity index (χ1v) is 11.1. The van der Waals surface area contributed by atoms with E-state index in [2.05, 4.69) is 9.97 Å². The third-order valence-corrected chi connectivity index (χ3v) is 5.21. The molecule has 174 valence electrons. The van der Waals surface area contributed by atoms with Crippen LogP contribution in [0.3, 0.4) is 0 Å². The molecule has 0 unspecified atom stereocenters. The zero-order valence-electron chi connectivity index (χ0n) is 19.8. The van der Waals surface area contributed by atoms with E-state index in [4.69, 9.17) is 5.73 Å². The van der Waals surface area contributed by atoms with Crippen LogP contribution in [0.25, 0.3) is 11.3 Å². The minimum Gasteiger partial charge on any atom is -0.383 e. The summed E-state index contributed by atoms with van der Waals surface area (Å²) in [5.41, 5.74) is 7.63. The molecule has 1 aromatic carbocycles. The van der Waals surface area contributed by atoms with E-state index < -0.39 is 11.2 Å². The molecule has 8 heteroatoms. The highest BCUT2D eigenvalue weighted by Crippen LogP contribution is 2.24. The van der Waals surface area contributed by atoms with E-state index in [0.717, 1.165) is 11.3 Å². The van der Waals surface area contributed by atoms with E-state index in [0.29, 0.717) is 17.8 Å². The predicted molar refractivity (Wildman–Crippen MR) is 131 cm³/mol. The van der Waals surface area contributed by atoms with Gasteiger partial charge in [0.2, 0.25) is 0 Å². The summed E-state index contributed by atoms with van der Waals surface area (Å²) in [6, 6.07) is 13.2. The molecule has 0 fully saturated rings. The van der Waals surface area contributed by atoms with E-state index in [9.17, 15) is 14.4 Å². The van der Waals surface area contributed by atoms with Crippen molar-refractivity contribution in [1.82, 2.24) is 14.5 Å². The van der Waals surface area contributed by atoms with Crippen LogP contribution in [0.5, 0.6) is 0 Å². The number of nitrogen functional groups attached to an aromatic ring is 1. The monoisotopic (exact) mass is 449 g/mol. The van der Waals surface area contributed by atoms with Gasteiger partial charge in [-0.05, 0) is 30.9 Å². The molecule has 2 aromatic heterocycles. The van der Waals surface area contributed by atoms with Crippen LogP contribution in [0, 0.1) is 18.8 Å². The molecule has 2 heterocycles. The van der Waals surface area contributed by atoms with Gasteiger partial charge in [-0.1, -0.05) is 58.0 Å². The molecule has 0 saturated carbocycles. The molecular weight excluding hydrogens is 418 g/mol. The number of pyridine rings is 1. The zero-order valence-corrected chi connectivity index (χ0v) is 19.8. The standard InChI is InChI=1S/C25H31N5O3/c1-15(2)13-29(21-22(26)30(14-16(3)4)25(33)28-23(21)31)24(32)19-11-12-20(27-17(19)5)18-9-7-6-8-10-18/h6-12,15-16H,13-14,26H2,1-5H3,(H,28,31,33). The zero-order chi connectivity index (χ0) is 24.3. The van der Waals surface area contributed by atoms with Crippen molar-refractivity contribution >= 4 is 17.4 Å². The third-order valence-electron chi connectivity index (χ3n) is 5.21. The maximum Gasteiger partial charge on any atom is 0.330 e. The van der Waals surface area contributed by atoms with Crippen molar-refractivity contribution in [3.05, 3.63) is 74.6 Å². The normalized spacial score (nSPS) is 11.2. The fraction of sp³-hybridized carbons (Fsp3) is 0.360. The molecule has 0 aliphatic heterocycles. The summed E-state index contributed by atoms with van der Waals surface area (Å²) in [4.78, 5) is 47.2. The molecule has 8 nitrogen and oxygen atoms in total. The van der Waals surface area contributed by atoms with Gasteiger partial charge in [-0.15, -0.1) is 0 Å².